The highest BCUT2D eigenvalue weighted by atomic mass is 32.2. The number of benzene rings is 1. The predicted molar refractivity (Wildman–Crippen MR) is 55.1 cm³/mol. The molecule has 1 heterocycles. The molecule has 0 spiro atoms. The predicted octanol–water partition coefficient (Wildman–Crippen LogP) is 1.17. The van der Waals surface area contributed by atoms with E-state index in [1.165, 1.54) is 13.2 Å². The smallest absolute Gasteiger partial charge is 0.204 e. The van der Waals surface area contributed by atoms with Gasteiger partial charge < -0.3 is 9.84 Å². The summed E-state index contributed by atoms with van der Waals surface area (Å²) in [7, 11) is -2.01. The van der Waals surface area contributed by atoms with Gasteiger partial charge in [-0.15, -0.1) is 0 Å². The van der Waals surface area contributed by atoms with Gasteiger partial charge in [-0.25, -0.2) is 8.42 Å². The van der Waals surface area contributed by atoms with Crippen LogP contribution in [0.15, 0.2) is 28.5 Å². The zero-order chi connectivity index (χ0) is 11.1. The zero-order valence-electron chi connectivity index (χ0n) is 8.10. The number of sulfone groups is 1. The monoisotopic (exact) mass is 226 g/mol. The molecule has 1 aromatic rings. The minimum atomic E-state index is -3.50. The number of rotatable bonds is 2. The van der Waals surface area contributed by atoms with Gasteiger partial charge in [-0.05, 0) is 11.6 Å². The lowest BCUT2D eigenvalue weighted by Crippen LogP contribution is -1.94. The highest BCUT2D eigenvalue weighted by molar-refractivity contribution is 7.95. The van der Waals surface area contributed by atoms with E-state index in [1.54, 1.807) is 12.1 Å². The van der Waals surface area contributed by atoms with Gasteiger partial charge in [0.15, 0.2) is 0 Å². The van der Waals surface area contributed by atoms with Crippen molar-refractivity contribution in [1.82, 2.24) is 0 Å². The molecule has 80 valence electrons. The maximum absolute atomic E-state index is 11.7. The van der Waals surface area contributed by atoms with Crippen molar-refractivity contribution in [2.75, 3.05) is 13.7 Å². The lowest BCUT2D eigenvalue weighted by molar-refractivity contribution is 0.239. The van der Waals surface area contributed by atoms with Crippen molar-refractivity contribution in [3.63, 3.8) is 0 Å². The summed E-state index contributed by atoms with van der Waals surface area (Å²) in [5.41, 5.74) is 1.10. The standard InChI is InChI=1S/C10H10O4S/c1-14-5-7-6-15(12,13)10-8(7)3-2-4-9(10)11/h2-4,6,11H,5H2,1H3. The third-order valence-electron chi connectivity index (χ3n) is 2.22. The van der Waals surface area contributed by atoms with E-state index in [1.807, 2.05) is 0 Å². The number of methoxy groups -OCH3 is 1. The van der Waals surface area contributed by atoms with Gasteiger partial charge in [-0.3, -0.25) is 0 Å². The van der Waals surface area contributed by atoms with E-state index in [9.17, 15) is 13.5 Å². The molecule has 0 fully saturated rings. The maximum Gasteiger partial charge on any atom is 0.204 e. The Morgan fingerprint density at radius 3 is 2.80 bits per heavy atom. The van der Waals surface area contributed by atoms with Crippen molar-refractivity contribution in [2.24, 2.45) is 0 Å². The second-order valence-electron chi connectivity index (χ2n) is 3.27. The fourth-order valence-corrected chi connectivity index (χ4v) is 3.21. The molecule has 0 atom stereocenters. The number of phenols is 1. The van der Waals surface area contributed by atoms with Crippen LogP contribution in [0.25, 0.3) is 5.57 Å². The Kier molecular flexibility index (Phi) is 2.28. The number of hydrogen-bond donors (Lipinski definition) is 1. The van der Waals surface area contributed by atoms with Gasteiger partial charge in [0.25, 0.3) is 0 Å². The summed E-state index contributed by atoms with van der Waals surface area (Å²) in [6.07, 6.45) is 0. The Morgan fingerprint density at radius 2 is 2.13 bits per heavy atom. The molecule has 0 amide bonds. The Hall–Kier alpha value is -1.33. The summed E-state index contributed by atoms with van der Waals surface area (Å²) in [5, 5.41) is 10.6. The molecule has 0 aromatic heterocycles. The molecule has 0 unspecified atom stereocenters. The minimum absolute atomic E-state index is 0.0166. The van der Waals surface area contributed by atoms with Gasteiger partial charge in [-0.1, -0.05) is 12.1 Å². The SMILES string of the molecule is COCC1=CS(=O)(=O)c2c(O)cccc21. The molecule has 0 aliphatic carbocycles. The lowest BCUT2D eigenvalue weighted by atomic mass is 10.1. The van der Waals surface area contributed by atoms with Crippen molar-refractivity contribution in [3.05, 3.63) is 29.2 Å². The van der Waals surface area contributed by atoms with E-state index >= 15 is 0 Å². The number of fused-ring (bicyclic) bond motifs is 1. The van der Waals surface area contributed by atoms with Gasteiger partial charge in [0.2, 0.25) is 9.84 Å². The lowest BCUT2D eigenvalue weighted by Gasteiger charge is -2.04. The molecule has 4 nitrogen and oxygen atoms in total. The van der Waals surface area contributed by atoms with Gasteiger partial charge in [-0.2, -0.15) is 0 Å². The molecule has 15 heavy (non-hydrogen) atoms. The summed E-state index contributed by atoms with van der Waals surface area (Å²) in [4.78, 5) is -0.0166. The van der Waals surface area contributed by atoms with E-state index in [-0.39, 0.29) is 17.3 Å². The Labute approximate surface area is 87.7 Å². The van der Waals surface area contributed by atoms with Crippen molar-refractivity contribution in [2.45, 2.75) is 4.90 Å². The Bertz CT molecular complexity index is 528. The van der Waals surface area contributed by atoms with Crippen molar-refractivity contribution in [3.8, 4) is 5.75 Å². The van der Waals surface area contributed by atoms with Crippen LogP contribution in [0, 0.1) is 0 Å². The average Bonchev–Trinajstić information content (AvgIpc) is 2.40. The zero-order valence-corrected chi connectivity index (χ0v) is 8.91. The molecule has 1 aliphatic rings. The van der Waals surface area contributed by atoms with Gasteiger partial charge >= 0.3 is 0 Å². The van der Waals surface area contributed by atoms with Crippen molar-refractivity contribution in [1.29, 1.82) is 0 Å². The van der Waals surface area contributed by atoms with E-state index in [0.717, 1.165) is 5.41 Å². The molecule has 0 saturated carbocycles. The van der Waals surface area contributed by atoms with Crippen LogP contribution in [-0.4, -0.2) is 27.2 Å². The number of ether oxygens (including phenoxy) is 1. The minimum Gasteiger partial charge on any atom is -0.507 e. The molecule has 0 saturated heterocycles. The van der Waals surface area contributed by atoms with Crippen LogP contribution in [0.1, 0.15) is 5.56 Å². The fraction of sp³-hybridized carbons (Fsp3) is 0.200. The first-order valence-corrected chi connectivity index (χ1v) is 5.88. The summed E-state index contributed by atoms with van der Waals surface area (Å²) < 4.78 is 28.2. The normalized spacial score (nSPS) is 17.3. The van der Waals surface area contributed by atoms with Crippen LogP contribution in [0.5, 0.6) is 5.75 Å². The second kappa shape index (κ2) is 3.36. The molecule has 1 aromatic carbocycles. The third-order valence-corrected chi connectivity index (χ3v) is 3.81. The van der Waals surface area contributed by atoms with E-state index in [4.69, 9.17) is 4.74 Å². The van der Waals surface area contributed by atoms with Crippen LogP contribution in [-0.2, 0) is 14.6 Å². The molecular formula is C10H10O4S. The summed E-state index contributed by atoms with van der Waals surface area (Å²) in [6, 6.07) is 4.63. The fourth-order valence-electron chi connectivity index (χ4n) is 1.65. The van der Waals surface area contributed by atoms with Crippen molar-refractivity contribution < 1.29 is 18.3 Å². The molecular weight excluding hydrogens is 216 g/mol. The first-order chi connectivity index (χ1) is 7.06. The highest BCUT2D eigenvalue weighted by Gasteiger charge is 2.29. The third kappa shape index (κ3) is 1.53. The summed E-state index contributed by atoms with van der Waals surface area (Å²) in [5.74, 6) is -0.213. The van der Waals surface area contributed by atoms with E-state index in [0.29, 0.717) is 11.1 Å². The largest absolute Gasteiger partial charge is 0.507 e. The van der Waals surface area contributed by atoms with Crippen molar-refractivity contribution >= 4 is 15.4 Å². The van der Waals surface area contributed by atoms with Gasteiger partial charge in [0.05, 0.1) is 6.61 Å². The molecule has 5 heteroatoms. The van der Waals surface area contributed by atoms with Crippen LogP contribution in [0.2, 0.25) is 0 Å². The number of aromatic hydroxyl groups is 1. The van der Waals surface area contributed by atoms with Crippen LogP contribution >= 0.6 is 0 Å². The maximum atomic E-state index is 11.7. The summed E-state index contributed by atoms with van der Waals surface area (Å²) in [6.45, 7) is 0.218. The topological polar surface area (TPSA) is 63.6 Å². The summed E-state index contributed by atoms with van der Waals surface area (Å²) >= 11 is 0. The van der Waals surface area contributed by atoms with Crippen LogP contribution < -0.4 is 0 Å². The molecule has 0 bridgehead atoms. The number of hydrogen-bond acceptors (Lipinski definition) is 4. The van der Waals surface area contributed by atoms with Gasteiger partial charge in [0.1, 0.15) is 10.6 Å². The molecule has 1 aliphatic heterocycles. The average molecular weight is 226 g/mol. The first-order valence-electron chi connectivity index (χ1n) is 4.33. The van der Waals surface area contributed by atoms with E-state index in [2.05, 4.69) is 0 Å². The Morgan fingerprint density at radius 1 is 1.40 bits per heavy atom. The van der Waals surface area contributed by atoms with Crippen LogP contribution in [0.4, 0.5) is 0 Å². The van der Waals surface area contributed by atoms with E-state index < -0.39 is 9.84 Å². The second-order valence-corrected chi connectivity index (χ2v) is 5.01. The van der Waals surface area contributed by atoms with Gasteiger partial charge in [0, 0.05) is 18.1 Å². The van der Waals surface area contributed by atoms with Crippen LogP contribution in [0.3, 0.4) is 0 Å². The first kappa shape index (κ1) is 10.2. The highest BCUT2D eigenvalue weighted by Crippen LogP contribution is 2.38. The Balaban J connectivity index is 2.68. The molecule has 1 N–H and O–H groups in total. The molecule has 0 radical (unpaired) electrons. The quantitative estimate of drug-likeness (QED) is 0.822. The molecule has 2 rings (SSSR count). The number of phenolic OH excluding ortho intramolecular Hbond substituents is 1.